The minimum atomic E-state index is -0.392. The third-order valence-corrected chi connectivity index (χ3v) is 4.22. The number of aryl methyl sites for hydroxylation is 1. The Morgan fingerprint density at radius 2 is 2.14 bits per heavy atom. The van der Waals surface area contributed by atoms with E-state index in [4.69, 9.17) is 4.74 Å². The number of carbonyl (C=O) groups excluding carboxylic acids is 3. The fourth-order valence-electron chi connectivity index (χ4n) is 3.12. The van der Waals surface area contributed by atoms with Crippen molar-refractivity contribution in [3.63, 3.8) is 0 Å². The first-order valence-corrected chi connectivity index (χ1v) is 7.35. The maximum atomic E-state index is 12.2. The molecule has 2 heterocycles. The summed E-state index contributed by atoms with van der Waals surface area (Å²) < 4.78 is 5.40. The van der Waals surface area contributed by atoms with Crippen molar-refractivity contribution in [1.29, 1.82) is 0 Å². The first kappa shape index (κ1) is 14.6. The van der Waals surface area contributed by atoms with Gasteiger partial charge in [0.05, 0.1) is 18.3 Å². The molecule has 1 saturated heterocycles. The highest BCUT2D eigenvalue weighted by Crippen LogP contribution is 2.37. The van der Waals surface area contributed by atoms with Crippen LogP contribution in [0.2, 0.25) is 0 Å². The summed E-state index contributed by atoms with van der Waals surface area (Å²) in [5, 5.41) is 2.70. The number of hydrogen-bond acceptors (Lipinski definition) is 4. The molecule has 22 heavy (non-hydrogen) atoms. The molecule has 6 heteroatoms. The first-order valence-electron chi connectivity index (χ1n) is 7.35. The van der Waals surface area contributed by atoms with Crippen molar-refractivity contribution in [3.8, 4) is 0 Å². The number of ketones is 1. The van der Waals surface area contributed by atoms with Gasteiger partial charge >= 0.3 is 6.09 Å². The van der Waals surface area contributed by atoms with E-state index in [1.54, 1.807) is 17.0 Å². The first-order chi connectivity index (χ1) is 10.5. The van der Waals surface area contributed by atoms with Crippen LogP contribution in [0.15, 0.2) is 18.2 Å². The van der Waals surface area contributed by atoms with Gasteiger partial charge in [-0.25, -0.2) is 4.79 Å². The number of cyclic esters (lactones) is 1. The van der Waals surface area contributed by atoms with Crippen LogP contribution in [0.25, 0.3) is 0 Å². The van der Waals surface area contributed by atoms with Crippen LogP contribution in [0.1, 0.15) is 36.2 Å². The normalized spacial score (nSPS) is 22.6. The largest absolute Gasteiger partial charge is 0.442 e. The van der Waals surface area contributed by atoms with Crippen molar-refractivity contribution >= 4 is 23.5 Å². The second-order valence-corrected chi connectivity index (χ2v) is 5.74. The van der Waals surface area contributed by atoms with Crippen LogP contribution < -0.4 is 10.2 Å². The number of nitrogens with one attached hydrogen (secondary N) is 1. The number of hydrogen-bond donors (Lipinski definition) is 1. The lowest BCUT2D eigenvalue weighted by atomic mass is 9.92. The fraction of sp³-hybridized carbons (Fsp3) is 0.438. The molecule has 0 aromatic heterocycles. The molecule has 2 amide bonds. The number of ether oxygens (including phenoxy) is 1. The fourth-order valence-corrected chi connectivity index (χ4v) is 3.12. The Hall–Kier alpha value is -2.37. The van der Waals surface area contributed by atoms with E-state index in [2.05, 4.69) is 5.32 Å². The Morgan fingerprint density at radius 1 is 1.36 bits per heavy atom. The summed E-state index contributed by atoms with van der Waals surface area (Å²) in [5.41, 5.74) is 2.44. The van der Waals surface area contributed by atoms with Crippen LogP contribution in [0, 0.1) is 0 Å². The Kier molecular flexibility index (Phi) is 3.60. The molecule has 0 saturated carbocycles. The van der Waals surface area contributed by atoms with Gasteiger partial charge in [0.25, 0.3) is 0 Å². The van der Waals surface area contributed by atoms with Crippen LogP contribution in [0.3, 0.4) is 0 Å². The van der Waals surface area contributed by atoms with E-state index in [0.717, 1.165) is 24.1 Å². The zero-order valence-corrected chi connectivity index (χ0v) is 12.6. The predicted molar refractivity (Wildman–Crippen MR) is 80.0 cm³/mol. The van der Waals surface area contributed by atoms with E-state index in [-0.39, 0.29) is 23.8 Å². The topological polar surface area (TPSA) is 75.7 Å². The number of amides is 2. The lowest BCUT2D eigenvalue weighted by Crippen LogP contribution is -2.44. The van der Waals surface area contributed by atoms with E-state index in [1.807, 2.05) is 6.07 Å². The smallest absolute Gasteiger partial charge is 0.415 e. The predicted octanol–water partition coefficient (Wildman–Crippen LogP) is 1.67. The molecule has 2 aliphatic rings. The van der Waals surface area contributed by atoms with Crippen molar-refractivity contribution in [2.24, 2.45) is 0 Å². The average Bonchev–Trinajstić information content (AvgIpc) is 2.81. The molecule has 1 aromatic carbocycles. The van der Waals surface area contributed by atoms with E-state index in [1.165, 1.54) is 13.8 Å². The monoisotopic (exact) mass is 302 g/mol. The molecular formula is C16H18N2O4. The second kappa shape index (κ2) is 5.44. The molecule has 2 atom stereocenters. The van der Waals surface area contributed by atoms with Gasteiger partial charge in [-0.2, -0.15) is 0 Å². The molecule has 0 bridgehead atoms. The number of Topliss-reactive ketones (excluding diaryl/α,β-unsaturated/α-hetero) is 1. The van der Waals surface area contributed by atoms with E-state index >= 15 is 0 Å². The molecule has 1 aromatic rings. The van der Waals surface area contributed by atoms with Crippen molar-refractivity contribution in [2.75, 3.05) is 11.4 Å². The SMILES string of the molecule is CC(=O)NC[C@@H]1OC(=O)N2c3ccc(C(C)=O)cc3CC[C@@H]12. The van der Waals surface area contributed by atoms with Crippen LogP contribution in [-0.4, -0.2) is 36.5 Å². The van der Waals surface area contributed by atoms with Gasteiger partial charge in [-0.05, 0) is 43.5 Å². The molecule has 6 nitrogen and oxygen atoms in total. The minimum Gasteiger partial charge on any atom is -0.442 e. The highest BCUT2D eigenvalue weighted by molar-refractivity contribution is 5.97. The summed E-state index contributed by atoms with van der Waals surface area (Å²) in [4.78, 5) is 36.3. The molecule has 0 radical (unpaired) electrons. The Balaban J connectivity index is 1.87. The molecular weight excluding hydrogens is 284 g/mol. The highest BCUT2D eigenvalue weighted by atomic mass is 16.6. The molecule has 0 aliphatic carbocycles. The highest BCUT2D eigenvalue weighted by Gasteiger charge is 2.45. The van der Waals surface area contributed by atoms with E-state index in [0.29, 0.717) is 12.1 Å². The number of anilines is 1. The summed E-state index contributed by atoms with van der Waals surface area (Å²) in [6, 6.07) is 5.32. The lowest BCUT2D eigenvalue weighted by molar-refractivity contribution is -0.119. The van der Waals surface area contributed by atoms with E-state index in [9.17, 15) is 14.4 Å². The number of carbonyl (C=O) groups is 3. The third-order valence-electron chi connectivity index (χ3n) is 4.22. The van der Waals surface area contributed by atoms with Crippen molar-refractivity contribution < 1.29 is 19.1 Å². The average molecular weight is 302 g/mol. The molecule has 1 fully saturated rings. The quantitative estimate of drug-likeness (QED) is 0.862. The molecule has 116 valence electrons. The standard InChI is InChI=1S/C16H18N2O4/c1-9(19)11-3-5-13-12(7-11)4-6-14-15(8-17-10(2)20)22-16(21)18(13)14/h3,5,7,14-15H,4,6,8H2,1-2H3,(H,17,20)/t14-,15-/m0/s1. The van der Waals surface area contributed by atoms with Crippen LogP contribution in [-0.2, 0) is 16.0 Å². The molecule has 1 N–H and O–H groups in total. The van der Waals surface area contributed by atoms with Crippen LogP contribution in [0.4, 0.5) is 10.5 Å². The van der Waals surface area contributed by atoms with Crippen molar-refractivity contribution in [3.05, 3.63) is 29.3 Å². The maximum absolute atomic E-state index is 12.2. The zero-order valence-electron chi connectivity index (χ0n) is 12.6. The van der Waals surface area contributed by atoms with Gasteiger partial charge in [0, 0.05) is 12.5 Å². The van der Waals surface area contributed by atoms with Crippen LogP contribution in [0.5, 0.6) is 0 Å². The second-order valence-electron chi connectivity index (χ2n) is 5.74. The van der Waals surface area contributed by atoms with Gasteiger partial charge in [-0.1, -0.05) is 0 Å². The molecule has 2 aliphatic heterocycles. The van der Waals surface area contributed by atoms with Crippen molar-refractivity contribution in [1.82, 2.24) is 5.32 Å². The summed E-state index contributed by atoms with van der Waals surface area (Å²) in [7, 11) is 0. The number of nitrogens with zero attached hydrogens (tertiary/aromatic N) is 1. The van der Waals surface area contributed by atoms with Crippen molar-refractivity contribution in [2.45, 2.75) is 38.8 Å². The zero-order chi connectivity index (χ0) is 15.9. The van der Waals surface area contributed by atoms with Gasteiger partial charge < -0.3 is 10.1 Å². The number of fused-ring (bicyclic) bond motifs is 3. The molecule has 3 rings (SSSR count). The number of rotatable bonds is 3. The minimum absolute atomic E-state index is 0.0115. The van der Waals surface area contributed by atoms with Crippen LogP contribution >= 0.6 is 0 Å². The summed E-state index contributed by atoms with van der Waals surface area (Å²) in [5.74, 6) is -0.130. The van der Waals surface area contributed by atoms with Gasteiger partial charge in [0.2, 0.25) is 5.91 Å². The van der Waals surface area contributed by atoms with Gasteiger partial charge in [-0.3, -0.25) is 14.5 Å². The third kappa shape index (κ3) is 2.45. The molecule has 0 spiro atoms. The summed E-state index contributed by atoms with van der Waals surface area (Å²) in [6.45, 7) is 3.29. The molecule has 0 unspecified atom stereocenters. The summed E-state index contributed by atoms with van der Waals surface area (Å²) >= 11 is 0. The van der Waals surface area contributed by atoms with Gasteiger partial charge in [0.15, 0.2) is 5.78 Å². The van der Waals surface area contributed by atoms with Gasteiger partial charge in [-0.15, -0.1) is 0 Å². The lowest BCUT2D eigenvalue weighted by Gasteiger charge is -2.31. The van der Waals surface area contributed by atoms with E-state index < -0.39 is 6.09 Å². The maximum Gasteiger partial charge on any atom is 0.415 e. The number of benzene rings is 1. The Morgan fingerprint density at radius 3 is 2.82 bits per heavy atom. The summed E-state index contributed by atoms with van der Waals surface area (Å²) in [6.07, 6.45) is 0.809. The van der Waals surface area contributed by atoms with Gasteiger partial charge in [0.1, 0.15) is 6.10 Å². The Labute approximate surface area is 128 Å². The Bertz CT molecular complexity index is 656.